The van der Waals surface area contributed by atoms with E-state index in [1.165, 1.54) is 16.7 Å². The third-order valence-electron chi connectivity index (χ3n) is 5.19. The van der Waals surface area contributed by atoms with E-state index in [-0.39, 0.29) is 6.03 Å². The van der Waals surface area contributed by atoms with E-state index < -0.39 is 0 Å². The van der Waals surface area contributed by atoms with Gasteiger partial charge in [-0.2, -0.15) is 0 Å². The van der Waals surface area contributed by atoms with E-state index in [1.807, 2.05) is 29.2 Å². The smallest absolute Gasteiger partial charge is 0.321 e. The minimum atomic E-state index is -0.00438. The largest absolute Gasteiger partial charge is 0.322 e. The number of rotatable bonds is 3. The number of carbonyl (C=O) groups is 1. The lowest BCUT2D eigenvalue weighted by atomic mass is 10.1. The van der Waals surface area contributed by atoms with Crippen LogP contribution in [0.1, 0.15) is 29.7 Å². The monoisotopic (exact) mass is 337 g/mol. The van der Waals surface area contributed by atoms with Gasteiger partial charge in [-0.15, -0.1) is 0 Å². The summed E-state index contributed by atoms with van der Waals surface area (Å²) in [5.74, 6) is 0. The molecule has 0 aliphatic carbocycles. The van der Waals surface area contributed by atoms with Crippen molar-refractivity contribution in [2.75, 3.05) is 31.5 Å². The van der Waals surface area contributed by atoms with Gasteiger partial charge in [0, 0.05) is 37.9 Å². The normalized spacial score (nSPS) is 16.5. The molecule has 1 aliphatic heterocycles. The van der Waals surface area contributed by atoms with Gasteiger partial charge in [0.2, 0.25) is 0 Å². The molecule has 1 saturated heterocycles. The number of hydrogen-bond donors (Lipinski definition) is 1. The Morgan fingerprint density at radius 2 is 1.64 bits per heavy atom. The molecule has 2 aromatic rings. The van der Waals surface area contributed by atoms with Gasteiger partial charge < -0.3 is 10.2 Å². The number of aryl methyl sites for hydroxylation is 2. The van der Waals surface area contributed by atoms with Crippen LogP contribution in [0.4, 0.5) is 10.5 Å². The highest BCUT2D eigenvalue weighted by molar-refractivity contribution is 5.89. The highest BCUT2D eigenvalue weighted by Gasteiger charge is 2.24. The molecule has 0 spiro atoms. The first-order valence-corrected chi connectivity index (χ1v) is 8.97. The highest BCUT2D eigenvalue weighted by atomic mass is 16.2. The number of amides is 2. The number of carbonyl (C=O) groups excluding carboxylic acids is 1. The van der Waals surface area contributed by atoms with Crippen molar-refractivity contribution in [3.05, 3.63) is 65.2 Å². The SMILES string of the molecule is Cc1ccc(NC(=O)N2CCN(C(C)c3ccccc3)CC2)cc1C. The Bertz CT molecular complexity index is 721. The van der Waals surface area contributed by atoms with Gasteiger partial charge >= 0.3 is 6.03 Å². The van der Waals surface area contributed by atoms with Gasteiger partial charge in [-0.1, -0.05) is 36.4 Å². The molecule has 1 N–H and O–H groups in total. The molecule has 0 saturated carbocycles. The van der Waals surface area contributed by atoms with E-state index in [0.29, 0.717) is 6.04 Å². The molecule has 0 radical (unpaired) electrons. The van der Waals surface area contributed by atoms with Crippen molar-refractivity contribution in [3.63, 3.8) is 0 Å². The Balaban J connectivity index is 1.54. The van der Waals surface area contributed by atoms with Crippen molar-refractivity contribution >= 4 is 11.7 Å². The molecule has 0 bridgehead atoms. The van der Waals surface area contributed by atoms with Crippen LogP contribution in [0.2, 0.25) is 0 Å². The van der Waals surface area contributed by atoms with E-state index in [0.717, 1.165) is 31.9 Å². The van der Waals surface area contributed by atoms with Crippen molar-refractivity contribution < 1.29 is 4.79 Å². The number of nitrogens with one attached hydrogen (secondary N) is 1. The van der Waals surface area contributed by atoms with E-state index in [4.69, 9.17) is 0 Å². The second-order valence-corrected chi connectivity index (χ2v) is 6.84. The maximum absolute atomic E-state index is 12.5. The van der Waals surface area contributed by atoms with Gasteiger partial charge in [-0.3, -0.25) is 4.90 Å². The first-order chi connectivity index (χ1) is 12.0. The van der Waals surface area contributed by atoms with Crippen LogP contribution in [0.15, 0.2) is 48.5 Å². The summed E-state index contributed by atoms with van der Waals surface area (Å²) < 4.78 is 0. The van der Waals surface area contributed by atoms with Crippen LogP contribution < -0.4 is 5.32 Å². The molecule has 2 amide bonds. The number of piperazine rings is 1. The summed E-state index contributed by atoms with van der Waals surface area (Å²) in [5, 5.41) is 3.02. The molecule has 132 valence electrons. The molecule has 3 rings (SSSR count). The van der Waals surface area contributed by atoms with Crippen LogP contribution >= 0.6 is 0 Å². The van der Waals surface area contributed by atoms with Gasteiger partial charge in [-0.25, -0.2) is 4.79 Å². The van der Waals surface area contributed by atoms with Crippen LogP contribution in [0.5, 0.6) is 0 Å². The van der Waals surface area contributed by atoms with Gasteiger partial charge in [0.15, 0.2) is 0 Å². The molecule has 1 unspecified atom stereocenters. The fourth-order valence-corrected chi connectivity index (χ4v) is 3.28. The Hall–Kier alpha value is -2.33. The fourth-order valence-electron chi connectivity index (χ4n) is 3.28. The van der Waals surface area contributed by atoms with Gasteiger partial charge in [0.1, 0.15) is 0 Å². The summed E-state index contributed by atoms with van der Waals surface area (Å²) in [6, 6.07) is 17.0. The number of hydrogen-bond acceptors (Lipinski definition) is 2. The lowest BCUT2D eigenvalue weighted by Gasteiger charge is -2.38. The molecule has 1 atom stereocenters. The summed E-state index contributed by atoms with van der Waals surface area (Å²) in [5.41, 5.74) is 4.63. The first kappa shape index (κ1) is 17.5. The Labute approximate surface area is 150 Å². The van der Waals surface area contributed by atoms with E-state index in [2.05, 4.69) is 55.3 Å². The molecule has 25 heavy (non-hydrogen) atoms. The molecule has 1 aliphatic rings. The molecule has 4 heteroatoms. The maximum atomic E-state index is 12.5. The predicted octanol–water partition coefficient (Wildman–Crippen LogP) is 4.21. The number of nitrogens with zero attached hydrogens (tertiary/aromatic N) is 2. The average molecular weight is 337 g/mol. The third kappa shape index (κ3) is 4.20. The standard InChI is InChI=1S/C21H27N3O/c1-16-9-10-20(15-17(16)2)22-21(25)24-13-11-23(12-14-24)18(3)19-7-5-4-6-8-19/h4-10,15,18H,11-14H2,1-3H3,(H,22,25). The zero-order chi connectivity index (χ0) is 17.8. The van der Waals surface area contributed by atoms with Crippen molar-refractivity contribution in [3.8, 4) is 0 Å². The van der Waals surface area contributed by atoms with Crippen molar-refractivity contribution in [2.24, 2.45) is 0 Å². The lowest BCUT2D eigenvalue weighted by Crippen LogP contribution is -2.50. The van der Waals surface area contributed by atoms with Crippen molar-refractivity contribution in [1.29, 1.82) is 0 Å². The lowest BCUT2D eigenvalue weighted by molar-refractivity contribution is 0.119. The predicted molar refractivity (Wildman–Crippen MR) is 103 cm³/mol. The second-order valence-electron chi connectivity index (χ2n) is 6.84. The minimum absolute atomic E-state index is 0.00438. The average Bonchev–Trinajstić information content (AvgIpc) is 2.65. The van der Waals surface area contributed by atoms with Crippen LogP contribution in [-0.2, 0) is 0 Å². The Kier molecular flexibility index (Phi) is 5.39. The molecule has 4 nitrogen and oxygen atoms in total. The van der Waals surface area contributed by atoms with Crippen molar-refractivity contribution in [1.82, 2.24) is 9.80 Å². The molecule has 2 aromatic carbocycles. The van der Waals surface area contributed by atoms with E-state index in [1.54, 1.807) is 0 Å². The molecular weight excluding hydrogens is 310 g/mol. The molecule has 1 heterocycles. The third-order valence-corrected chi connectivity index (χ3v) is 5.19. The number of anilines is 1. The fraction of sp³-hybridized carbons (Fsp3) is 0.381. The summed E-state index contributed by atoms with van der Waals surface area (Å²) in [6.07, 6.45) is 0. The van der Waals surface area contributed by atoms with Crippen LogP contribution in [0.25, 0.3) is 0 Å². The molecule has 1 fully saturated rings. The van der Waals surface area contributed by atoms with Gasteiger partial charge in [0.05, 0.1) is 0 Å². The summed E-state index contributed by atoms with van der Waals surface area (Å²) in [7, 11) is 0. The van der Waals surface area contributed by atoms with E-state index >= 15 is 0 Å². The molecular formula is C21H27N3O. The molecule has 0 aromatic heterocycles. The summed E-state index contributed by atoms with van der Waals surface area (Å²) in [4.78, 5) is 16.9. The number of benzene rings is 2. The topological polar surface area (TPSA) is 35.6 Å². The maximum Gasteiger partial charge on any atom is 0.321 e. The van der Waals surface area contributed by atoms with E-state index in [9.17, 15) is 4.79 Å². The van der Waals surface area contributed by atoms with Crippen LogP contribution in [-0.4, -0.2) is 42.0 Å². The number of urea groups is 1. The van der Waals surface area contributed by atoms with Crippen molar-refractivity contribution in [2.45, 2.75) is 26.8 Å². The summed E-state index contributed by atoms with van der Waals surface area (Å²) in [6.45, 7) is 9.69. The summed E-state index contributed by atoms with van der Waals surface area (Å²) >= 11 is 0. The second kappa shape index (κ2) is 7.70. The first-order valence-electron chi connectivity index (χ1n) is 8.97. The Morgan fingerprint density at radius 3 is 2.28 bits per heavy atom. The van der Waals surface area contributed by atoms with Crippen LogP contribution in [0, 0.1) is 13.8 Å². The zero-order valence-corrected chi connectivity index (χ0v) is 15.3. The zero-order valence-electron chi connectivity index (χ0n) is 15.3. The van der Waals surface area contributed by atoms with Gasteiger partial charge in [-0.05, 0) is 49.6 Å². The van der Waals surface area contributed by atoms with Gasteiger partial charge in [0.25, 0.3) is 0 Å². The quantitative estimate of drug-likeness (QED) is 0.910. The minimum Gasteiger partial charge on any atom is -0.322 e. The highest BCUT2D eigenvalue weighted by Crippen LogP contribution is 2.21. The Morgan fingerprint density at radius 1 is 0.960 bits per heavy atom. The van der Waals surface area contributed by atoms with Crippen LogP contribution in [0.3, 0.4) is 0 Å².